The van der Waals surface area contributed by atoms with Gasteiger partial charge in [0.05, 0.1) is 43.2 Å². The van der Waals surface area contributed by atoms with Gasteiger partial charge in [0.2, 0.25) is 0 Å². The molecule has 0 saturated heterocycles. The summed E-state index contributed by atoms with van der Waals surface area (Å²) in [4.78, 5) is 21.1. The maximum Gasteiger partial charge on any atom is 0.163 e. The van der Waals surface area contributed by atoms with E-state index in [1.54, 1.807) is 76.1 Å². The molecule has 0 radical (unpaired) electrons. The summed E-state index contributed by atoms with van der Waals surface area (Å²) in [5, 5.41) is 30.9. The van der Waals surface area contributed by atoms with Gasteiger partial charge in [-0.1, -0.05) is 0 Å². The molecule has 8 rings (SSSR count). The molecule has 60 heavy (non-hydrogen) atoms. The fraction of sp³-hybridized carbons (Fsp3) is 0.159. The van der Waals surface area contributed by atoms with Crippen LogP contribution in [-0.4, -0.2) is 56.0 Å². The maximum absolute atomic E-state index is 14.3. The number of hydrogen-bond acceptors (Lipinski definition) is 14. The SMILES string of the molecule is COc1cc2c(Nc3cc(O)c(C)cc3F)ncnc2cc1OCCc1ccncc1.COc1cc2c(Nc3cc(O)c(C)cc3F)ncnc2cc1OCc1ccsc1. The van der Waals surface area contributed by atoms with Crippen LogP contribution in [0, 0.1) is 25.5 Å². The van der Waals surface area contributed by atoms with E-state index in [0.29, 0.717) is 80.8 Å². The number of halogens is 2. The quantitative estimate of drug-likeness (QED) is 0.0868. The molecular formula is C44H39F2N7O6S. The Kier molecular flexibility index (Phi) is 12.6. The minimum absolute atomic E-state index is 0.00559. The molecule has 0 amide bonds. The van der Waals surface area contributed by atoms with Crippen LogP contribution in [-0.2, 0) is 13.0 Å². The van der Waals surface area contributed by atoms with E-state index in [4.69, 9.17) is 18.9 Å². The third kappa shape index (κ3) is 9.51. The zero-order chi connectivity index (χ0) is 42.2. The van der Waals surface area contributed by atoms with Gasteiger partial charge in [-0.2, -0.15) is 11.3 Å². The summed E-state index contributed by atoms with van der Waals surface area (Å²) in [7, 11) is 3.10. The number of pyridine rings is 1. The van der Waals surface area contributed by atoms with Crippen LogP contribution in [0.4, 0.5) is 31.8 Å². The number of ether oxygens (including phenoxy) is 4. The molecule has 16 heteroatoms. The lowest BCUT2D eigenvalue weighted by molar-refractivity contribution is 0.285. The van der Waals surface area contributed by atoms with E-state index in [9.17, 15) is 19.0 Å². The van der Waals surface area contributed by atoms with Gasteiger partial charge in [0.25, 0.3) is 0 Å². The molecule has 0 fully saturated rings. The van der Waals surface area contributed by atoms with Gasteiger partial charge in [0.1, 0.15) is 54.0 Å². The fourth-order valence-corrected chi connectivity index (χ4v) is 6.66. The molecule has 4 aromatic carbocycles. The highest BCUT2D eigenvalue weighted by Crippen LogP contribution is 2.38. The van der Waals surface area contributed by atoms with Gasteiger partial charge in [-0.25, -0.2) is 28.7 Å². The molecule has 4 aromatic heterocycles. The molecule has 0 spiro atoms. The molecule has 306 valence electrons. The molecule has 8 aromatic rings. The maximum atomic E-state index is 14.3. The molecule has 0 aliphatic rings. The number of fused-ring (bicyclic) bond motifs is 2. The van der Waals surface area contributed by atoms with Crippen molar-refractivity contribution in [1.82, 2.24) is 24.9 Å². The third-order valence-corrected chi connectivity index (χ3v) is 10.0. The van der Waals surface area contributed by atoms with E-state index in [0.717, 1.165) is 17.5 Å². The lowest BCUT2D eigenvalue weighted by Gasteiger charge is -2.14. The van der Waals surface area contributed by atoms with E-state index in [1.165, 1.54) is 36.9 Å². The van der Waals surface area contributed by atoms with Gasteiger partial charge in [0, 0.05) is 53.9 Å². The number of methoxy groups -OCH3 is 2. The number of nitrogens with zero attached hydrogens (tertiary/aromatic N) is 5. The first kappa shape index (κ1) is 40.9. The Labute approximate surface area is 347 Å². The minimum Gasteiger partial charge on any atom is -0.508 e. The van der Waals surface area contributed by atoms with Gasteiger partial charge >= 0.3 is 0 Å². The van der Waals surface area contributed by atoms with Crippen molar-refractivity contribution < 1.29 is 37.9 Å². The number of rotatable bonds is 13. The number of phenols is 2. The average molecular weight is 832 g/mol. The van der Waals surface area contributed by atoms with E-state index in [1.807, 2.05) is 29.0 Å². The molecule has 0 aliphatic heterocycles. The van der Waals surface area contributed by atoms with E-state index >= 15 is 0 Å². The van der Waals surface area contributed by atoms with Crippen LogP contribution in [0.1, 0.15) is 22.3 Å². The van der Waals surface area contributed by atoms with Crippen LogP contribution in [0.15, 0.2) is 103 Å². The number of phenolic OH excluding ortho intramolecular Hbond substituents is 2. The Morgan fingerprint density at radius 2 is 1.17 bits per heavy atom. The van der Waals surface area contributed by atoms with Gasteiger partial charge in [-0.3, -0.25) is 4.98 Å². The van der Waals surface area contributed by atoms with Crippen LogP contribution in [0.3, 0.4) is 0 Å². The predicted molar refractivity (Wildman–Crippen MR) is 226 cm³/mol. The summed E-state index contributed by atoms with van der Waals surface area (Å²) in [6.45, 7) is 4.12. The second-order valence-corrected chi connectivity index (χ2v) is 14.1. The molecule has 0 aliphatic carbocycles. The number of anilines is 4. The highest BCUT2D eigenvalue weighted by molar-refractivity contribution is 7.07. The first-order valence-corrected chi connectivity index (χ1v) is 19.4. The van der Waals surface area contributed by atoms with E-state index in [2.05, 4.69) is 35.6 Å². The number of nitrogens with one attached hydrogen (secondary N) is 2. The van der Waals surface area contributed by atoms with Gasteiger partial charge in [-0.05, 0) is 89.3 Å². The molecule has 0 bridgehead atoms. The highest BCUT2D eigenvalue weighted by atomic mass is 32.1. The topological polar surface area (TPSA) is 166 Å². The molecule has 0 unspecified atom stereocenters. The van der Waals surface area contributed by atoms with Crippen LogP contribution in [0.25, 0.3) is 21.8 Å². The predicted octanol–water partition coefficient (Wildman–Crippen LogP) is 9.73. The van der Waals surface area contributed by atoms with Crippen LogP contribution in [0.2, 0.25) is 0 Å². The Hall–Kier alpha value is -7.33. The summed E-state index contributed by atoms with van der Waals surface area (Å²) in [5.41, 5.74) is 4.53. The van der Waals surface area contributed by atoms with Gasteiger partial charge < -0.3 is 39.8 Å². The van der Waals surface area contributed by atoms with Crippen molar-refractivity contribution in [3.8, 4) is 34.5 Å². The molecule has 4 N–H and O–H groups in total. The number of benzene rings is 4. The summed E-state index contributed by atoms with van der Waals surface area (Å²) < 4.78 is 51.4. The van der Waals surface area contributed by atoms with Gasteiger partial charge in [-0.15, -0.1) is 0 Å². The Morgan fingerprint density at radius 3 is 1.67 bits per heavy atom. The minimum atomic E-state index is -0.495. The van der Waals surface area contributed by atoms with Gasteiger partial charge in [0.15, 0.2) is 23.0 Å². The number of aromatic hydroxyl groups is 2. The third-order valence-electron chi connectivity index (χ3n) is 9.29. The number of hydrogen-bond donors (Lipinski definition) is 4. The Morgan fingerprint density at radius 1 is 0.633 bits per heavy atom. The van der Waals surface area contributed by atoms with E-state index in [-0.39, 0.29) is 22.9 Å². The monoisotopic (exact) mass is 831 g/mol. The zero-order valence-corrected chi connectivity index (χ0v) is 33.7. The highest BCUT2D eigenvalue weighted by Gasteiger charge is 2.16. The molecule has 0 atom stereocenters. The zero-order valence-electron chi connectivity index (χ0n) is 32.9. The van der Waals surface area contributed by atoms with Crippen molar-refractivity contribution in [1.29, 1.82) is 0 Å². The number of thiophene rings is 1. The number of aryl methyl sites for hydroxylation is 2. The van der Waals surface area contributed by atoms with Crippen molar-refractivity contribution in [3.63, 3.8) is 0 Å². The fourth-order valence-electron chi connectivity index (χ4n) is 6.01. The normalized spacial score (nSPS) is 10.8. The molecule has 13 nitrogen and oxygen atoms in total. The first-order valence-electron chi connectivity index (χ1n) is 18.4. The first-order chi connectivity index (χ1) is 29.1. The smallest absolute Gasteiger partial charge is 0.163 e. The lowest BCUT2D eigenvalue weighted by atomic mass is 10.1. The molecular weight excluding hydrogens is 793 g/mol. The molecule has 4 heterocycles. The van der Waals surface area contributed by atoms with Crippen LogP contribution >= 0.6 is 11.3 Å². The average Bonchev–Trinajstić information content (AvgIpc) is 3.78. The second kappa shape index (κ2) is 18.5. The summed E-state index contributed by atoms with van der Waals surface area (Å²) in [5.74, 6) is 1.89. The van der Waals surface area contributed by atoms with Crippen LogP contribution < -0.4 is 29.6 Å². The second-order valence-electron chi connectivity index (χ2n) is 13.3. The number of aromatic nitrogens is 5. The summed E-state index contributed by atoms with van der Waals surface area (Å²) in [6, 6.07) is 18.1. The summed E-state index contributed by atoms with van der Waals surface area (Å²) in [6.07, 6.45) is 6.97. The Bertz CT molecular complexity index is 2760. The van der Waals surface area contributed by atoms with Crippen LogP contribution in [0.5, 0.6) is 34.5 Å². The van der Waals surface area contributed by atoms with Crippen molar-refractivity contribution in [3.05, 3.63) is 136 Å². The molecule has 0 saturated carbocycles. The van der Waals surface area contributed by atoms with Crippen molar-refractivity contribution in [2.45, 2.75) is 26.9 Å². The Balaban J connectivity index is 0.000000182. The van der Waals surface area contributed by atoms with Crippen molar-refractivity contribution in [2.75, 3.05) is 31.5 Å². The lowest BCUT2D eigenvalue weighted by Crippen LogP contribution is -2.04. The van der Waals surface area contributed by atoms with Crippen molar-refractivity contribution in [2.24, 2.45) is 0 Å². The standard InChI is InChI=1S/C23H21FN4O3.C21H18FN3O3S/c1-14-9-17(24)19(11-20(14)29)28-23-16-10-21(30-2)22(12-18(16)26-13-27-23)31-8-5-15-3-6-25-7-4-15;1-12-5-15(22)17(7-18(12)26)25-21-14-6-19(27-2)20(8-16(14)23-11-24-21)28-9-13-3-4-29-10-13/h3-4,6-7,9-13,29H,5,8H2,1-2H3,(H,26,27,28);3-8,10-11,26H,9H2,1-2H3,(H,23,24,25). The largest absolute Gasteiger partial charge is 0.508 e. The summed E-state index contributed by atoms with van der Waals surface area (Å²) >= 11 is 1.60. The van der Waals surface area contributed by atoms with Crippen molar-refractivity contribution >= 4 is 56.2 Å². The van der Waals surface area contributed by atoms with E-state index < -0.39 is 11.6 Å².